The number of esters is 1. The molecule has 2 heterocycles. The van der Waals surface area contributed by atoms with E-state index in [1.165, 1.54) is 18.1 Å². The minimum Gasteiger partial charge on any atom is -0.468 e. The zero-order valence-electron chi connectivity index (χ0n) is 12.1. The van der Waals surface area contributed by atoms with E-state index in [4.69, 9.17) is 11.2 Å². The maximum absolute atomic E-state index is 12.2. The highest BCUT2D eigenvalue weighted by molar-refractivity contribution is 5.88. The molecule has 3 rings (SSSR count). The Labute approximate surface area is 124 Å². The zero-order chi connectivity index (χ0) is 14.8. The number of rotatable bonds is 2. The third kappa shape index (κ3) is 2.41. The second-order valence-corrected chi connectivity index (χ2v) is 5.33. The number of ether oxygens (including phenoxy) is 1. The number of fused-ring (bicyclic) bond motifs is 3. The Morgan fingerprint density at radius 1 is 1.52 bits per heavy atom. The van der Waals surface area contributed by atoms with Crippen LogP contribution < -0.4 is 0 Å². The summed E-state index contributed by atoms with van der Waals surface area (Å²) in [5, 5.41) is 1.18. The van der Waals surface area contributed by atoms with Crippen LogP contribution in [0.2, 0.25) is 0 Å². The van der Waals surface area contributed by atoms with Crippen molar-refractivity contribution in [1.29, 1.82) is 0 Å². The maximum Gasteiger partial charge on any atom is 0.315 e. The lowest BCUT2D eigenvalue weighted by molar-refractivity contribution is -0.142. The molecule has 4 nitrogen and oxygen atoms in total. The van der Waals surface area contributed by atoms with Crippen molar-refractivity contribution in [3.05, 3.63) is 35.5 Å². The molecule has 1 aromatic carbocycles. The maximum atomic E-state index is 12.2. The van der Waals surface area contributed by atoms with Crippen molar-refractivity contribution in [2.24, 2.45) is 0 Å². The molecule has 0 saturated carbocycles. The molecule has 1 aliphatic heterocycles. The van der Waals surface area contributed by atoms with Crippen LogP contribution in [0.5, 0.6) is 0 Å². The fourth-order valence-corrected chi connectivity index (χ4v) is 3.11. The molecule has 1 N–H and O–H groups in total. The highest BCUT2D eigenvalue weighted by Crippen LogP contribution is 2.32. The lowest BCUT2D eigenvalue weighted by atomic mass is 10.00. The van der Waals surface area contributed by atoms with Gasteiger partial charge in [0.1, 0.15) is 5.92 Å². The predicted octanol–water partition coefficient (Wildman–Crippen LogP) is 1.92. The third-order valence-corrected chi connectivity index (χ3v) is 4.11. The Morgan fingerprint density at radius 2 is 2.33 bits per heavy atom. The van der Waals surface area contributed by atoms with Crippen LogP contribution in [0.25, 0.3) is 10.9 Å². The smallest absolute Gasteiger partial charge is 0.315 e. The van der Waals surface area contributed by atoms with Crippen LogP contribution in [0.15, 0.2) is 24.3 Å². The van der Waals surface area contributed by atoms with E-state index in [-0.39, 0.29) is 11.9 Å². The number of para-hydroxylation sites is 1. The summed E-state index contributed by atoms with van der Waals surface area (Å²) >= 11 is 0. The van der Waals surface area contributed by atoms with Gasteiger partial charge >= 0.3 is 5.97 Å². The number of H-pyrrole nitrogens is 1. The van der Waals surface area contributed by atoms with Gasteiger partial charge in [-0.3, -0.25) is 9.69 Å². The molecule has 0 aliphatic carbocycles. The van der Waals surface area contributed by atoms with E-state index in [1.807, 2.05) is 18.2 Å². The van der Waals surface area contributed by atoms with Gasteiger partial charge < -0.3 is 9.72 Å². The van der Waals surface area contributed by atoms with E-state index in [9.17, 15) is 4.79 Å². The predicted molar refractivity (Wildman–Crippen MR) is 82.0 cm³/mol. The number of nitrogens with one attached hydrogen (secondary N) is 1. The van der Waals surface area contributed by atoms with Crippen molar-refractivity contribution < 1.29 is 9.53 Å². The monoisotopic (exact) mass is 282 g/mol. The van der Waals surface area contributed by atoms with Crippen molar-refractivity contribution in [3.8, 4) is 12.3 Å². The van der Waals surface area contributed by atoms with Crippen LogP contribution in [0.4, 0.5) is 0 Å². The molecule has 0 amide bonds. The number of terminal acetylenes is 1. The van der Waals surface area contributed by atoms with Crippen LogP contribution in [0.1, 0.15) is 17.2 Å². The molecule has 0 fully saturated rings. The van der Waals surface area contributed by atoms with Gasteiger partial charge in [-0.25, -0.2) is 0 Å². The van der Waals surface area contributed by atoms with Crippen molar-refractivity contribution in [1.82, 2.24) is 9.88 Å². The summed E-state index contributed by atoms with van der Waals surface area (Å²) in [6.45, 7) is 2.00. The van der Waals surface area contributed by atoms with E-state index in [0.29, 0.717) is 13.1 Å². The highest BCUT2D eigenvalue weighted by Gasteiger charge is 2.31. The fraction of sp³-hybridized carbons (Fsp3) is 0.353. The minimum absolute atomic E-state index is 0.216. The third-order valence-electron chi connectivity index (χ3n) is 4.11. The number of hydrogen-bond acceptors (Lipinski definition) is 3. The Hall–Kier alpha value is -2.25. The number of hydrogen-bond donors (Lipinski definition) is 1. The first-order chi connectivity index (χ1) is 10.2. The zero-order valence-corrected chi connectivity index (χ0v) is 12.1. The number of carbonyl (C=O) groups excluding carboxylic acids is 1. The van der Waals surface area contributed by atoms with Crippen LogP contribution in [-0.2, 0) is 16.0 Å². The second kappa shape index (κ2) is 5.63. The molecule has 1 aliphatic rings. The molecular weight excluding hydrogens is 264 g/mol. The van der Waals surface area contributed by atoms with Gasteiger partial charge in [0.15, 0.2) is 0 Å². The quantitative estimate of drug-likeness (QED) is 0.676. The van der Waals surface area contributed by atoms with Crippen LogP contribution >= 0.6 is 0 Å². The van der Waals surface area contributed by atoms with E-state index in [0.717, 1.165) is 24.2 Å². The highest BCUT2D eigenvalue weighted by atomic mass is 16.5. The standard InChI is InChI=1S/C17H18N2O2/c1-3-9-19-10-8-13-12-6-4-5-7-15(12)18-16(13)14(11-19)17(20)21-2/h1,4-7,14,18H,8-11H2,2H3. The van der Waals surface area contributed by atoms with E-state index >= 15 is 0 Å². The molecule has 0 spiro atoms. The number of aromatic nitrogens is 1. The topological polar surface area (TPSA) is 45.3 Å². The van der Waals surface area contributed by atoms with Crippen molar-refractivity contribution in [3.63, 3.8) is 0 Å². The number of nitrogens with zero attached hydrogens (tertiary/aromatic N) is 1. The summed E-state index contributed by atoms with van der Waals surface area (Å²) < 4.78 is 4.99. The summed E-state index contributed by atoms with van der Waals surface area (Å²) in [5.74, 6) is 2.13. The second-order valence-electron chi connectivity index (χ2n) is 5.33. The van der Waals surface area contributed by atoms with Crippen LogP contribution in [0.3, 0.4) is 0 Å². The van der Waals surface area contributed by atoms with E-state index in [1.54, 1.807) is 0 Å². The molecule has 1 atom stereocenters. The van der Waals surface area contributed by atoms with Gasteiger partial charge in [0.25, 0.3) is 0 Å². The van der Waals surface area contributed by atoms with Gasteiger partial charge in [-0.15, -0.1) is 6.42 Å². The average molecular weight is 282 g/mol. The summed E-state index contributed by atoms with van der Waals surface area (Å²) in [4.78, 5) is 17.7. The Morgan fingerprint density at radius 3 is 3.10 bits per heavy atom. The first kappa shape index (κ1) is 13.7. The first-order valence-electron chi connectivity index (χ1n) is 7.07. The van der Waals surface area contributed by atoms with E-state index < -0.39 is 0 Å². The van der Waals surface area contributed by atoms with Crippen molar-refractivity contribution in [2.45, 2.75) is 12.3 Å². The van der Waals surface area contributed by atoms with E-state index in [2.05, 4.69) is 21.9 Å². The molecule has 21 heavy (non-hydrogen) atoms. The Bertz CT molecular complexity index is 711. The number of benzene rings is 1. The molecular formula is C17H18N2O2. The summed E-state index contributed by atoms with van der Waals surface area (Å²) in [7, 11) is 1.43. The van der Waals surface area contributed by atoms with Gasteiger partial charge in [-0.1, -0.05) is 24.1 Å². The molecule has 4 heteroatoms. The van der Waals surface area contributed by atoms with Gasteiger partial charge in [0.2, 0.25) is 0 Å². The van der Waals surface area contributed by atoms with Gasteiger partial charge in [0.05, 0.1) is 13.7 Å². The van der Waals surface area contributed by atoms with Crippen LogP contribution in [-0.4, -0.2) is 42.6 Å². The molecule has 0 radical (unpaired) electrons. The summed E-state index contributed by atoms with van der Waals surface area (Å²) in [6.07, 6.45) is 6.30. The number of methoxy groups -OCH3 is 1. The molecule has 2 aromatic rings. The van der Waals surface area contributed by atoms with Gasteiger partial charge in [-0.05, 0) is 18.1 Å². The lowest BCUT2D eigenvalue weighted by Gasteiger charge is -2.20. The Kier molecular flexibility index (Phi) is 3.68. The molecule has 0 bridgehead atoms. The minimum atomic E-state index is -0.312. The van der Waals surface area contributed by atoms with Gasteiger partial charge in [-0.2, -0.15) is 0 Å². The first-order valence-corrected chi connectivity index (χ1v) is 7.07. The molecule has 0 saturated heterocycles. The largest absolute Gasteiger partial charge is 0.468 e. The molecule has 108 valence electrons. The fourth-order valence-electron chi connectivity index (χ4n) is 3.11. The SMILES string of the molecule is C#CCN1CCc2c([nH]c3ccccc23)C(C(=O)OC)C1. The average Bonchev–Trinajstić information content (AvgIpc) is 2.78. The molecule has 1 unspecified atom stereocenters. The number of carbonyl (C=O) groups is 1. The normalized spacial score (nSPS) is 18.8. The Balaban J connectivity index is 2.08. The lowest BCUT2D eigenvalue weighted by Crippen LogP contribution is -2.32. The molecule has 1 aromatic heterocycles. The summed E-state index contributed by atoms with van der Waals surface area (Å²) in [5.41, 5.74) is 3.25. The van der Waals surface area contributed by atoms with Crippen molar-refractivity contribution >= 4 is 16.9 Å². The van der Waals surface area contributed by atoms with Gasteiger partial charge in [0, 0.05) is 29.7 Å². The summed E-state index contributed by atoms with van der Waals surface area (Å²) in [6, 6.07) is 8.15. The van der Waals surface area contributed by atoms with Crippen molar-refractivity contribution in [2.75, 3.05) is 26.7 Å². The number of aromatic amines is 1. The van der Waals surface area contributed by atoms with Crippen LogP contribution in [0, 0.1) is 12.3 Å².